The number of benzene rings is 4. The van der Waals surface area contributed by atoms with Crippen molar-refractivity contribution in [2.75, 3.05) is 0 Å². The van der Waals surface area contributed by atoms with Crippen LogP contribution < -0.4 is 0 Å². The van der Waals surface area contributed by atoms with E-state index in [2.05, 4.69) is 0 Å². The molecule has 0 bridgehead atoms. The van der Waals surface area contributed by atoms with Crippen LogP contribution in [0.25, 0.3) is 22.3 Å². The predicted octanol–water partition coefficient (Wildman–Crippen LogP) is 8.23. The summed E-state index contributed by atoms with van der Waals surface area (Å²) in [6.07, 6.45) is -3.81. The van der Waals surface area contributed by atoms with Gasteiger partial charge in [0.1, 0.15) is 0 Å². The van der Waals surface area contributed by atoms with Crippen LogP contribution >= 0.6 is 0 Å². The van der Waals surface area contributed by atoms with Crippen molar-refractivity contribution in [3.05, 3.63) is 119 Å². The molecule has 0 aliphatic heterocycles. The van der Waals surface area contributed by atoms with Gasteiger partial charge in [-0.1, -0.05) is 79.7 Å². The summed E-state index contributed by atoms with van der Waals surface area (Å²) < 4.78 is 43.7. The van der Waals surface area contributed by atoms with E-state index in [1.165, 1.54) is 12.1 Å². The Morgan fingerprint density at radius 1 is 0.649 bits per heavy atom. The summed E-state index contributed by atoms with van der Waals surface area (Å²) in [5, 5.41) is 0. The Morgan fingerprint density at radius 2 is 1.00 bits per heavy atom. The first-order chi connectivity index (χ1) is 17.7. The maximum absolute atomic E-state index is 12.9. The van der Waals surface area contributed by atoms with E-state index < -0.39 is 17.7 Å². The number of carbonyl (C=O) groups excluding carboxylic acids is 2. The maximum Gasteiger partial charge on any atom is 0.416 e. The Balaban J connectivity index is 1.44. The van der Waals surface area contributed by atoms with E-state index in [4.69, 9.17) is 4.74 Å². The van der Waals surface area contributed by atoms with Crippen LogP contribution in [-0.4, -0.2) is 17.9 Å². The first-order valence-electron chi connectivity index (χ1n) is 11.9. The molecule has 1 unspecified atom stereocenters. The van der Waals surface area contributed by atoms with Gasteiger partial charge in [0.15, 0.2) is 5.78 Å². The van der Waals surface area contributed by atoms with Gasteiger partial charge in [0.25, 0.3) is 0 Å². The van der Waals surface area contributed by atoms with E-state index in [1.54, 1.807) is 36.4 Å². The highest BCUT2D eigenvalue weighted by atomic mass is 19.4. The summed E-state index contributed by atoms with van der Waals surface area (Å²) in [5.74, 6) is -0.576. The number of ketones is 1. The molecule has 0 saturated carbocycles. The van der Waals surface area contributed by atoms with Crippen LogP contribution in [0.3, 0.4) is 0 Å². The Hall–Kier alpha value is -4.19. The number of hydrogen-bond donors (Lipinski definition) is 0. The van der Waals surface area contributed by atoms with Crippen LogP contribution in [0.15, 0.2) is 97.1 Å². The fraction of sp³-hybridized carbons (Fsp3) is 0.161. The van der Waals surface area contributed by atoms with Crippen LogP contribution in [0.2, 0.25) is 0 Å². The number of halogens is 3. The summed E-state index contributed by atoms with van der Waals surface area (Å²) in [6.45, 7) is 3.76. The van der Waals surface area contributed by atoms with Crippen molar-refractivity contribution in [1.29, 1.82) is 0 Å². The van der Waals surface area contributed by atoms with Gasteiger partial charge < -0.3 is 4.74 Å². The largest absolute Gasteiger partial charge is 0.459 e. The molecule has 0 saturated heterocycles. The molecule has 188 valence electrons. The third kappa shape index (κ3) is 6.15. The first-order valence-corrected chi connectivity index (χ1v) is 11.9. The standard InChI is InChI=1S/C31H25F3O3/c1-3-20(2)37-30(36)27-14-12-26(13-15-27)29(35)25-10-8-23(9-11-25)21-4-6-22(7-5-21)24-16-18-28(19-17-24)31(32,33)34/h4-20H,3H2,1-2H3. The Labute approximate surface area is 213 Å². The van der Waals surface area contributed by atoms with Crippen LogP contribution in [0.1, 0.15) is 52.1 Å². The van der Waals surface area contributed by atoms with Gasteiger partial charge in [-0.15, -0.1) is 0 Å². The van der Waals surface area contributed by atoms with E-state index in [0.29, 0.717) is 22.3 Å². The van der Waals surface area contributed by atoms with E-state index >= 15 is 0 Å². The average molecular weight is 503 g/mol. The van der Waals surface area contributed by atoms with E-state index in [0.717, 1.165) is 35.2 Å². The molecule has 0 aromatic heterocycles. The van der Waals surface area contributed by atoms with E-state index in [9.17, 15) is 22.8 Å². The van der Waals surface area contributed by atoms with Gasteiger partial charge in [-0.05, 0) is 59.9 Å². The normalized spacial score (nSPS) is 12.1. The predicted molar refractivity (Wildman–Crippen MR) is 137 cm³/mol. The number of ether oxygens (including phenoxy) is 1. The molecule has 0 heterocycles. The third-order valence-corrected chi connectivity index (χ3v) is 6.18. The van der Waals surface area contributed by atoms with Gasteiger partial charge in [-0.3, -0.25) is 4.79 Å². The van der Waals surface area contributed by atoms with Crippen LogP contribution in [0.5, 0.6) is 0 Å². The van der Waals surface area contributed by atoms with Gasteiger partial charge in [0.05, 0.1) is 17.2 Å². The Kier molecular flexibility index (Phi) is 7.58. The lowest BCUT2D eigenvalue weighted by molar-refractivity contribution is -0.137. The fourth-order valence-electron chi connectivity index (χ4n) is 3.78. The fourth-order valence-corrected chi connectivity index (χ4v) is 3.78. The molecule has 4 aromatic rings. The lowest BCUT2D eigenvalue weighted by Crippen LogP contribution is -2.14. The molecule has 0 amide bonds. The number of alkyl halides is 3. The molecular formula is C31H25F3O3. The van der Waals surface area contributed by atoms with Crippen molar-refractivity contribution in [2.24, 2.45) is 0 Å². The zero-order valence-corrected chi connectivity index (χ0v) is 20.4. The number of hydrogen-bond acceptors (Lipinski definition) is 3. The van der Waals surface area contributed by atoms with E-state index in [-0.39, 0.29) is 11.9 Å². The third-order valence-electron chi connectivity index (χ3n) is 6.18. The Morgan fingerprint density at radius 3 is 1.41 bits per heavy atom. The average Bonchev–Trinajstić information content (AvgIpc) is 2.92. The number of carbonyl (C=O) groups is 2. The highest BCUT2D eigenvalue weighted by Gasteiger charge is 2.29. The first kappa shape index (κ1) is 25.9. The number of rotatable bonds is 7. The lowest BCUT2D eigenvalue weighted by atomic mass is 9.97. The van der Waals surface area contributed by atoms with Crippen molar-refractivity contribution in [3.8, 4) is 22.3 Å². The van der Waals surface area contributed by atoms with Crippen LogP contribution in [0.4, 0.5) is 13.2 Å². The molecule has 0 spiro atoms. The molecule has 4 aromatic carbocycles. The van der Waals surface area contributed by atoms with Gasteiger partial charge in [0, 0.05) is 11.1 Å². The molecule has 0 aliphatic carbocycles. The van der Waals surface area contributed by atoms with Crippen LogP contribution in [0, 0.1) is 0 Å². The summed E-state index contributed by atoms with van der Waals surface area (Å²) >= 11 is 0. The smallest absolute Gasteiger partial charge is 0.416 e. The minimum Gasteiger partial charge on any atom is -0.459 e. The summed E-state index contributed by atoms with van der Waals surface area (Å²) in [6, 6.07) is 26.1. The summed E-state index contributed by atoms with van der Waals surface area (Å²) in [7, 11) is 0. The topological polar surface area (TPSA) is 43.4 Å². The van der Waals surface area contributed by atoms with Gasteiger partial charge in [0.2, 0.25) is 0 Å². The lowest BCUT2D eigenvalue weighted by Gasteiger charge is -2.11. The summed E-state index contributed by atoms with van der Waals surface area (Å²) in [4.78, 5) is 25.0. The SMILES string of the molecule is CCC(C)OC(=O)c1ccc(C(=O)c2ccc(-c3ccc(-c4ccc(C(F)(F)F)cc4)cc3)cc2)cc1. The highest BCUT2D eigenvalue weighted by Crippen LogP contribution is 2.31. The monoisotopic (exact) mass is 502 g/mol. The minimum atomic E-state index is -4.36. The molecule has 3 nitrogen and oxygen atoms in total. The van der Waals surface area contributed by atoms with Crippen molar-refractivity contribution < 1.29 is 27.5 Å². The summed E-state index contributed by atoms with van der Waals surface area (Å²) in [5.41, 5.74) is 4.01. The molecule has 0 aliphatic rings. The van der Waals surface area contributed by atoms with Crippen molar-refractivity contribution in [3.63, 3.8) is 0 Å². The zero-order chi connectivity index (χ0) is 26.6. The number of esters is 1. The van der Waals surface area contributed by atoms with Crippen molar-refractivity contribution in [1.82, 2.24) is 0 Å². The van der Waals surface area contributed by atoms with E-state index in [1.807, 2.05) is 50.2 Å². The second-order valence-corrected chi connectivity index (χ2v) is 8.76. The molecule has 0 radical (unpaired) electrons. The van der Waals surface area contributed by atoms with Gasteiger partial charge in [-0.25, -0.2) is 4.79 Å². The second kappa shape index (κ2) is 10.8. The van der Waals surface area contributed by atoms with Gasteiger partial charge >= 0.3 is 12.1 Å². The highest BCUT2D eigenvalue weighted by molar-refractivity contribution is 6.09. The zero-order valence-electron chi connectivity index (χ0n) is 20.4. The minimum absolute atomic E-state index is 0.161. The maximum atomic E-state index is 12.9. The molecule has 4 rings (SSSR count). The van der Waals surface area contributed by atoms with Crippen molar-refractivity contribution in [2.45, 2.75) is 32.5 Å². The Bertz CT molecular complexity index is 1370. The molecule has 1 atom stereocenters. The molecule has 0 fully saturated rings. The second-order valence-electron chi connectivity index (χ2n) is 8.76. The molecule has 37 heavy (non-hydrogen) atoms. The van der Waals surface area contributed by atoms with Gasteiger partial charge in [-0.2, -0.15) is 13.2 Å². The molecular weight excluding hydrogens is 477 g/mol. The quantitative estimate of drug-likeness (QED) is 0.189. The van der Waals surface area contributed by atoms with Crippen LogP contribution in [-0.2, 0) is 10.9 Å². The molecule has 6 heteroatoms. The van der Waals surface area contributed by atoms with Crippen molar-refractivity contribution >= 4 is 11.8 Å². The molecule has 0 N–H and O–H groups in total.